The summed E-state index contributed by atoms with van der Waals surface area (Å²) in [6.07, 6.45) is 3.09. The normalized spacial score (nSPS) is 19.5. The van der Waals surface area contributed by atoms with Crippen LogP contribution < -0.4 is 5.43 Å². The lowest BCUT2D eigenvalue weighted by Crippen LogP contribution is -2.45. The van der Waals surface area contributed by atoms with Crippen LogP contribution in [0, 0.1) is 17.6 Å². The van der Waals surface area contributed by atoms with Crippen molar-refractivity contribution in [3.05, 3.63) is 81.4 Å². The number of hydrogen-bond acceptors (Lipinski definition) is 4. The molecular formula is C27H30F2N4O2. The second-order valence-corrected chi connectivity index (χ2v) is 9.84. The van der Waals surface area contributed by atoms with Gasteiger partial charge >= 0.3 is 0 Å². The third kappa shape index (κ3) is 4.74. The van der Waals surface area contributed by atoms with Gasteiger partial charge < -0.3 is 9.88 Å². The van der Waals surface area contributed by atoms with Gasteiger partial charge in [-0.25, -0.2) is 8.78 Å². The Hall–Kier alpha value is -3.42. The minimum atomic E-state index is -0.682. The van der Waals surface area contributed by atoms with Crippen molar-refractivity contribution >= 4 is 5.91 Å². The molecule has 0 unspecified atom stereocenters. The molecule has 2 atom stereocenters. The fourth-order valence-corrected chi connectivity index (χ4v) is 5.10. The van der Waals surface area contributed by atoms with Crippen molar-refractivity contribution in [2.45, 2.75) is 51.9 Å². The van der Waals surface area contributed by atoms with Crippen molar-refractivity contribution in [1.29, 1.82) is 0 Å². The van der Waals surface area contributed by atoms with E-state index in [0.29, 0.717) is 19.0 Å². The molecule has 4 rings (SSSR count). The summed E-state index contributed by atoms with van der Waals surface area (Å²) in [5.41, 5.74) is 1.12. The Morgan fingerprint density at radius 2 is 1.91 bits per heavy atom. The third-order valence-electron chi connectivity index (χ3n) is 7.04. The Morgan fingerprint density at radius 1 is 1.20 bits per heavy atom. The van der Waals surface area contributed by atoms with Crippen LogP contribution in [0.4, 0.5) is 8.78 Å². The lowest BCUT2D eigenvalue weighted by Gasteiger charge is -2.42. The average molecular weight is 481 g/mol. The number of amides is 1. The summed E-state index contributed by atoms with van der Waals surface area (Å²) < 4.78 is 29.0. The number of benzene rings is 1. The van der Waals surface area contributed by atoms with Crippen LogP contribution in [0.15, 0.2) is 47.4 Å². The molecule has 1 aliphatic rings. The monoisotopic (exact) mass is 480 g/mol. The molecule has 1 N–H and O–H groups in total. The number of hydrogen-bond donors (Lipinski definition) is 1. The van der Waals surface area contributed by atoms with Crippen LogP contribution in [0.5, 0.6) is 0 Å². The molecule has 0 bridgehead atoms. The number of pyridine rings is 1. The summed E-state index contributed by atoms with van der Waals surface area (Å²) in [6.45, 7) is 8.99. The maximum absolute atomic E-state index is 14.5. The van der Waals surface area contributed by atoms with E-state index in [1.807, 2.05) is 13.8 Å². The second-order valence-electron chi connectivity index (χ2n) is 9.84. The Kier molecular flexibility index (Phi) is 6.83. The van der Waals surface area contributed by atoms with E-state index in [1.165, 1.54) is 36.5 Å². The first-order valence-corrected chi connectivity index (χ1v) is 11.9. The van der Waals surface area contributed by atoms with E-state index in [1.54, 1.807) is 11.0 Å². The zero-order valence-corrected chi connectivity index (χ0v) is 20.4. The van der Waals surface area contributed by atoms with Gasteiger partial charge in [0.1, 0.15) is 17.3 Å². The minimum Gasteiger partial charge on any atom is -0.357 e. The number of rotatable bonds is 6. The molecule has 0 aliphatic heterocycles. The molecule has 8 heteroatoms. The third-order valence-corrected chi connectivity index (χ3v) is 7.04. The predicted octanol–water partition coefficient (Wildman–Crippen LogP) is 5.06. The van der Waals surface area contributed by atoms with Crippen LogP contribution in [0.25, 0.3) is 11.3 Å². The van der Waals surface area contributed by atoms with E-state index < -0.39 is 17.0 Å². The SMILES string of the molecule is CCN(C[C@@]1(C)CC[C@H](C(C)C)c2cc(-c3c(F)cccc3F)nnc21)C(=O)c1cc(=O)cc[nH]1. The van der Waals surface area contributed by atoms with Crippen molar-refractivity contribution in [2.24, 2.45) is 5.92 Å². The summed E-state index contributed by atoms with van der Waals surface area (Å²) in [6, 6.07) is 8.17. The number of carbonyl (C=O) groups is 1. The zero-order valence-electron chi connectivity index (χ0n) is 20.4. The van der Waals surface area contributed by atoms with Crippen LogP contribution in [-0.2, 0) is 5.41 Å². The van der Waals surface area contributed by atoms with E-state index in [9.17, 15) is 18.4 Å². The molecule has 2 heterocycles. The number of halogens is 2. The first-order chi connectivity index (χ1) is 16.6. The molecule has 1 aromatic carbocycles. The number of nitrogens with one attached hydrogen (secondary N) is 1. The van der Waals surface area contributed by atoms with Gasteiger partial charge in [-0.05, 0) is 55.4 Å². The highest BCUT2D eigenvalue weighted by atomic mass is 19.1. The largest absolute Gasteiger partial charge is 0.357 e. The van der Waals surface area contributed by atoms with Crippen molar-refractivity contribution in [1.82, 2.24) is 20.1 Å². The quantitative estimate of drug-likeness (QED) is 0.535. The second kappa shape index (κ2) is 9.68. The number of carbonyl (C=O) groups excluding carboxylic acids is 1. The summed E-state index contributed by atoms with van der Waals surface area (Å²) in [5, 5.41) is 8.76. The molecule has 0 radical (unpaired) electrons. The van der Waals surface area contributed by atoms with Crippen LogP contribution in [0.2, 0.25) is 0 Å². The molecule has 3 aromatic rings. The number of H-pyrrole nitrogens is 1. The minimum absolute atomic E-state index is 0.151. The topological polar surface area (TPSA) is 79.0 Å². The molecule has 2 aromatic heterocycles. The number of likely N-dealkylation sites (N-methyl/N-ethyl adjacent to an activating group) is 1. The summed E-state index contributed by atoms with van der Waals surface area (Å²) in [5.74, 6) is -1.19. The molecule has 0 fully saturated rings. The highest BCUT2D eigenvalue weighted by Gasteiger charge is 2.41. The van der Waals surface area contributed by atoms with Gasteiger partial charge in [0.2, 0.25) is 0 Å². The fourth-order valence-electron chi connectivity index (χ4n) is 5.10. The molecule has 0 saturated heterocycles. The van der Waals surface area contributed by atoms with Crippen LogP contribution >= 0.6 is 0 Å². The van der Waals surface area contributed by atoms with Crippen molar-refractivity contribution < 1.29 is 13.6 Å². The average Bonchev–Trinajstić information content (AvgIpc) is 2.82. The Morgan fingerprint density at radius 3 is 2.54 bits per heavy atom. The molecule has 0 saturated carbocycles. The summed E-state index contributed by atoms with van der Waals surface area (Å²) in [4.78, 5) is 29.5. The van der Waals surface area contributed by atoms with Crippen molar-refractivity contribution in [3.8, 4) is 11.3 Å². The highest BCUT2D eigenvalue weighted by Crippen LogP contribution is 2.46. The lowest BCUT2D eigenvalue weighted by molar-refractivity contribution is 0.0706. The van der Waals surface area contributed by atoms with Gasteiger partial charge in [-0.3, -0.25) is 9.59 Å². The maximum atomic E-state index is 14.5. The first-order valence-electron chi connectivity index (χ1n) is 11.9. The van der Waals surface area contributed by atoms with Gasteiger partial charge in [-0.2, -0.15) is 10.2 Å². The van der Waals surface area contributed by atoms with Crippen LogP contribution in [-0.4, -0.2) is 39.1 Å². The van der Waals surface area contributed by atoms with E-state index in [0.717, 1.165) is 24.1 Å². The van der Waals surface area contributed by atoms with E-state index in [2.05, 4.69) is 29.0 Å². The van der Waals surface area contributed by atoms with E-state index in [4.69, 9.17) is 0 Å². The molecule has 1 amide bonds. The number of nitrogens with zero attached hydrogens (tertiary/aromatic N) is 3. The summed E-state index contributed by atoms with van der Waals surface area (Å²) >= 11 is 0. The number of aromatic nitrogens is 3. The Bertz CT molecular complexity index is 1290. The molecule has 6 nitrogen and oxygen atoms in total. The Balaban J connectivity index is 1.75. The van der Waals surface area contributed by atoms with E-state index in [-0.39, 0.29) is 34.2 Å². The van der Waals surface area contributed by atoms with Gasteiger partial charge in [-0.15, -0.1) is 0 Å². The molecule has 0 spiro atoms. The molecular weight excluding hydrogens is 450 g/mol. The molecule has 1 aliphatic carbocycles. The molecule has 184 valence electrons. The van der Waals surface area contributed by atoms with Gasteiger partial charge in [0.15, 0.2) is 5.43 Å². The van der Waals surface area contributed by atoms with E-state index >= 15 is 0 Å². The predicted molar refractivity (Wildman–Crippen MR) is 130 cm³/mol. The standard InChI is InChI=1S/C27H30F2N4O2/c1-5-33(26(35)23-13-17(34)10-12-30-23)15-27(4)11-9-18(16(2)3)19-14-22(31-32-25(19)27)24-20(28)7-6-8-21(24)29/h6-8,10,12-14,16,18H,5,9,11,15H2,1-4H3,(H,30,34)/t18-,27-/m1/s1. The fraction of sp³-hybridized carbons (Fsp3) is 0.407. The van der Waals surface area contributed by atoms with Gasteiger partial charge in [0.25, 0.3) is 5.91 Å². The number of fused-ring (bicyclic) bond motifs is 1. The highest BCUT2D eigenvalue weighted by molar-refractivity contribution is 5.92. The van der Waals surface area contributed by atoms with Crippen molar-refractivity contribution in [2.75, 3.05) is 13.1 Å². The van der Waals surface area contributed by atoms with Crippen molar-refractivity contribution in [3.63, 3.8) is 0 Å². The van der Waals surface area contributed by atoms with Crippen LogP contribution in [0.1, 0.15) is 68.2 Å². The molecule has 35 heavy (non-hydrogen) atoms. The van der Waals surface area contributed by atoms with Gasteiger partial charge in [0.05, 0.1) is 17.0 Å². The number of aromatic amines is 1. The lowest BCUT2D eigenvalue weighted by atomic mass is 9.67. The zero-order chi connectivity index (χ0) is 25.3. The summed E-state index contributed by atoms with van der Waals surface area (Å²) in [7, 11) is 0. The van der Waals surface area contributed by atoms with Crippen LogP contribution in [0.3, 0.4) is 0 Å². The first kappa shape index (κ1) is 24.7. The van der Waals surface area contributed by atoms with Gasteiger partial charge in [-0.1, -0.05) is 26.8 Å². The maximum Gasteiger partial charge on any atom is 0.270 e. The van der Waals surface area contributed by atoms with Gasteiger partial charge in [0, 0.05) is 36.8 Å². The Labute approximate surface area is 203 Å². The smallest absolute Gasteiger partial charge is 0.270 e.